The van der Waals surface area contributed by atoms with E-state index in [2.05, 4.69) is 6.92 Å². The number of carbonyl (C=O) groups excluding carboxylic acids is 2. The second-order valence-corrected chi connectivity index (χ2v) is 9.73. The number of anilines is 2. The van der Waals surface area contributed by atoms with Crippen molar-refractivity contribution in [3.05, 3.63) is 76.3 Å². The zero-order valence-corrected chi connectivity index (χ0v) is 23.6. The minimum atomic E-state index is -1.19. The smallest absolute Gasteiger partial charge is 0.271 e. The lowest BCUT2D eigenvalue weighted by atomic mass is 9.89. The second kappa shape index (κ2) is 12.0. The van der Waals surface area contributed by atoms with Gasteiger partial charge in [0.15, 0.2) is 17.6 Å². The van der Waals surface area contributed by atoms with E-state index in [1.54, 1.807) is 42.5 Å². The molecule has 2 saturated heterocycles. The lowest BCUT2D eigenvalue weighted by molar-refractivity contribution is -0.384. The zero-order valence-electron chi connectivity index (χ0n) is 23.6. The number of hydrogen-bond donors (Lipinski definition) is 0. The number of benzene rings is 3. The van der Waals surface area contributed by atoms with Crippen molar-refractivity contribution in [1.82, 2.24) is 0 Å². The number of non-ortho nitro benzene ring substituents is 1. The van der Waals surface area contributed by atoms with Gasteiger partial charge in [0.25, 0.3) is 11.6 Å². The van der Waals surface area contributed by atoms with Crippen LogP contribution in [0.15, 0.2) is 60.7 Å². The number of ether oxygens (including phenoxy) is 4. The highest BCUT2D eigenvalue weighted by Gasteiger charge is 2.61. The molecule has 42 heavy (non-hydrogen) atoms. The van der Waals surface area contributed by atoms with E-state index in [1.165, 1.54) is 44.6 Å². The van der Waals surface area contributed by atoms with Gasteiger partial charge < -0.3 is 18.9 Å². The summed E-state index contributed by atoms with van der Waals surface area (Å²) < 4.78 is 22.4. The van der Waals surface area contributed by atoms with Gasteiger partial charge in [-0.05, 0) is 48.9 Å². The van der Waals surface area contributed by atoms with Crippen LogP contribution in [-0.4, -0.2) is 50.8 Å². The first-order valence-electron chi connectivity index (χ1n) is 13.4. The number of amides is 2. The molecule has 3 unspecified atom stereocenters. The first-order valence-corrected chi connectivity index (χ1v) is 13.4. The van der Waals surface area contributed by atoms with E-state index in [1.807, 2.05) is 0 Å². The molecule has 3 aromatic rings. The van der Waals surface area contributed by atoms with E-state index in [0.717, 1.165) is 17.7 Å². The van der Waals surface area contributed by atoms with Gasteiger partial charge in [-0.1, -0.05) is 19.4 Å². The maximum absolute atomic E-state index is 14.1. The lowest BCUT2D eigenvalue weighted by Gasteiger charge is -2.30. The molecule has 3 atom stereocenters. The number of methoxy groups -OCH3 is 3. The average molecular weight is 578 g/mol. The van der Waals surface area contributed by atoms with Crippen molar-refractivity contribution >= 4 is 28.9 Å². The van der Waals surface area contributed by atoms with Crippen molar-refractivity contribution in [3.8, 4) is 23.0 Å². The summed E-state index contributed by atoms with van der Waals surface area (Å²) in [5.41, 5.74) is 0.968. The topological polar surface area (TPSA) is 130 Å². The number of nitro benzene ring substituents is 1. The molecule has 2 aliphatic rings. The van der Waals surface area contributed by atoms with E-state index >= 15 is 0 Å². The SMILES string of the molecule is CCCCOc1ccc(N2C(=O)C3ON(c4cccc([N+](=O)[O-])c4)C(c4ccc(OC)c(OC)c4OC)C3C2=O)cc1. The highest BCUT2D eigenvalue weighted by atomic mass is 16.7. The number of hydroxylamine groups is 1. The van der Waals surface area contributed by atoms with E-state index in [0.29, 0.717) is 35.0 Å². The van der Waals surface area contributed by atoms with Gasteiger partial charge in [0.1, 0.15) is 17.7 Å². The zero-order chi connectivity index (χ0) is 30.0. The summed E-state index contributed by atoms with van der Waals surface area (Å²) in [6.45, 7) is 2.64. The van der Waals surface area contributed by atoms with Crippen LogP contribution >= 0.6 is 0 Å². The van der Waals surface area contributed by atoms with E-state index in [-0.39, 0.29) is 17.2 Å². The van der Waals surface area contributed by atoms with Gasteiger partial charge in [-0.3, -0.25) is 24.5 Å². The summed E-state index contributed by atoms with van der Waals surface area (Å²) in [7, 11) is 4.39. The van der Waals surface area contributed by atoms with Gasteiger partial charge in [-0.2, -0.15) is 0 Å². The summed E-state index contributed by atoms with van der Waals surface area (Å²) >= 11 is 0. The van der Waals surface area contributed by atoms with Crippen LogP contribution in [-0.2, 0) is 14.4 Å². The number of nitrogens with zero attached hydrogens (tertiary/aromatic N) is 3. The van der Waals surface area contributed by atoms with E-state index in [4.69, 9.17) is 23.8 Å². The highest BCUT2D eigenvalue weighted by molar-refractivity contribution is 6.24. The Labute approximate surface area is 242 Å². The van der Waals surface area contributed by atoms with Gasteiger partial charge in [0.05, 0.1) is 44.2 Å². The van der Waals surface area contributed by atoms with Crippen molar-refractivity contribution in [2.24, 2.45) is 5.92 Å². The predicted molar refractivity (Wildman–Crippen MR) is 152 cm³/mol. The molecule has 2 heterocycles. The standard InChI is InChI=1S/C30H31N3O9/c1-5-6-16-41-21-12-10-18(11-13-21)31-29(34)24-25(22-14-15-23(38-2)27(40-4)26(22)39-3)32(42-28(24)30(31)35)19-8-7-9-20(17-19)33(36)37/h7-15,17,24-25,28H,5-6,16H2,1-4H3. The van der Waals surface area contributed by atoms with Crippen molar-refractivity contribution in [3.63, 3.8) is 0 Å². The summed E-state index contributed by atoms with van der Waals surface area (Å²) in [5, 5.41) is 12.9. The van der Waals surface area contributed by atoms with E-state index < -0.39 is 34.8 Å². The maximum Gasteiger partial charge on any atom is 0.271 e. The van der Waals surface area contributed by atoms with Crippen LogP contribution in [0.3, 0.4) is 0 Å². The Kier molecular flexibility index (Phi) is 8.16. The fourth-order valence-corrected chi connectivity index (χ4v) is 5.34. The Balaban J connectivity index is 1.58. The quantitative estimate of drug-likeness (QED) is 0.135. The predicted octanol–water partition coefficient (Wildman–Crippen LogP) is 4.85. The van der Waals surface area contributed by atoms with Crippen LogP contribution in [0.25, 0.3) is 0 Å². The molecular formula is C30H31N3O9. The normalized spacial score (nSPS) is 19.6. The Hall–Kier alpha value is -4.84. The minimum Gasteiger partial charge on any atom is -0.494 e. The molecule has 0 aromatic heterocycles. The molecule has 0 N–H and O–H groups in total. The van der Waals surface area contributed by atoms with Gasteiger partial charge >= 0.3 is 0 Å². The minimum absolute atomic E-state index is 0.174. The van der Waals surface area contributed by atoms with Crippen LogP contribution in [0.1, 0.15) is 31.4 Å². The molecule has 5 rings (SSSR count). The molecule has 2 aliphatic heterocycles. The summed E-state index contributed by atoms with van der Waals surface area (Å²) in [6, 6.07) is 15.0. The van der Waals surface area contributed by atoms with Crippen LogP contribution in [0.4, 0.5) is 17.1 Å². The summed E-state index contributed by atoms with van der Waals surface area (Å²) in [6.07, 6.45) is 0.713. The summed E-state index contributed by atoms with van der Waals surface area (Å²) in [4.78, 5) is 46.1. The highest BCUT2D eigenvalue weighted by Crippen LogP contribution is 2.53. The third-order valence-electron chi connectivity index (χ3n) is 7.33. The Morgan fingerprint density at radius 2 is 1.64 bits per heavy atom. The summed E-state index contributed by atoms with van der Waals surface area (Å²) in [5.74, 6) is -0.466. The fourth-order valence-electron chi connectivity index (χ4n) is 5.34. The number of unbranched alkanes of at least 4 members (excludes halogenated alkanes) is 1. The van der Waals surface area contributed by atoms with Gasteiger partial charge in [-0.15, -0.1) is 0 Å². The molecular weight excluding hydrogens is 546 g/mol. The molecule has 12 heteroatoms. The maximum atomic E-state index is 14.1. The molecule has 0 aliphatic carbocycles. The first-order chi connectivity index (χ1) is 20.3. The molecule has 2 amide bonds. The molecule has 0 bridgehead atoms. The van der Waals surface area contributed by atoms with Gasteiger partial charge in [0, 0.05) is 17.7 Å². The van der Waals surface area contributed by atoms with Crippen LogP contribution in [0.5, 0.6) is 23.0 Å². The number of fused-ring (bicyclic) bond motifs is 1. The van der Waals surface area contributed by atoms with Crippen molar-refractivity contribution < 1.29 is 38.3 Å². The monoisotopic (exact) mass is 577 g/mol. The Morgan fingerprint density at radius 3 is 2.29 bits per heavy atom. The Morgan fingerprint density at radius 1 is 0.905 bits per heavy atom. The third-order valence-corrected chi connectivity index (χ3v) is 7.33. The van der Waals surface area contributed by atoms with Crippen LogP contribution < -0.4 is 28.9 Å². The number of nitro groups is 1. The number of imide groups is 1. The van der Waals surface area contributed by atoms with Crippen molar-refractivity contribution in [2.75, 3.05) is 37.9 Å². The number of rotatable bonds is 11. The largest absolute Gasteiger partial charge is 0.494 e. The molecule has 0 spiro atoms. The van der Waals surface area contributed by atoms with Gasteiger partial charge in [-0.25, -0.2) is 9.96 Å². The Bertz CT molecular complexity index is 1490. The second-order valence-electron chi connectivity index (χ2n) is 9.73. The molecule has 3 aromatic carbocycles. The number of carbonyl (C=O) groups is 2. The molecule has 12 nitrogen and oxygen atoms in total. The van der Waals surface area contributed by atoms with Crippen molar-refractivity contribution in [1.29, 1.82) is 0 Å². The first kappa shape index (κ1) is 28.7. The lowest BCUT2D eigenvalue weighted by Crippen LogP contribution is -2.37. The molecule has 220 valence electrons. The molecule has 0 radical (unpaired) electrons. The molecule has 0 saturated carbocycles. The fraction of sp³-hybridized carbons (Fsp3) is 0.333. The molecule has 2 fully saturated rings. The van der Waals surface area contributed by atoms with Crippen LogP contribution in [0, 0.1) is 16.0 Å². The van der Waals surface area contributed by atoms with E-state index in [9.17, 15) is 19.7 Å². The van der Waals surface area contributed by atoms with Gasteiger partial charge in [0.2, 0.25) is 11.7 Å². The third kappa shape index (κ3) is 4.94. The number of hydrogen-bond acceptors (Lipinski definition) is 10. The average Bonchev–Trinajstić information content (AvgIpc) is 3.52. The van der Waals surface area contributed by atoms with Crippen molar-refractivity contribution in [2.45, 2.75) is 31.9 Å². The van der Waals surface area contributed by atoms with Crippen LogP contribution in [0.2, 0.25) is 0 Å².